The zero-order chi connectivity index (χ0) is 18.7. The van der Waals surface area contributed by atoms with Gasteiger partial charge in [0.05, 0.1) is 0 Å². The van der Waals surface area contributed by atoms with Gasteiger partial charge in [-0.3, -0.25) is 0 Å². The second-order valence-corrected chi connectivity index (χ2v) is 9.34. The fraction of sp³-hybridized carbons (Fsp3) is 0.167. The second-order valence-electron chi connectivity index (χ2n) is 7.51. The molecule has 3 heteroatoms. The molecular weight excluding hydrogens is 464 g/mol. The first-order valence-electron chi connectivity index (χ1n) is 9.15. The van der Waals surface area contributed by atoms with Gasteiger partial charge in [-0.15, -0.1) is 0 Å². The standard InChI is InChI=1S/C24H18Br2O/c1-13(2)22-23-18-7-5-16(25)11-14(18)3-9-20(23)27-21-10-4-15-12-17(26)6-8-19(15)24(21)22/h3-13,22H,1-2H3. The maximum atomic E-state index is 6.41. The molecule has 4 aromatic carbocycles. The van der Waals surface area contributed by atoms with E-state index in [2.05, 4.69) is 106 Å². The van der Waals surface area contributed by atoms with Crippen LogP contribution in [0.5, 0.6) is 11.5 Å². The lowest BCUT2D eigenvalue weighted by molar-refractivity contribution is 0.424. The molecule has 27 heavy (non-hydrogen) atoms. The van der Waals surface area contributed by atoms with Crippen molar-refractivity contribution in [1.29, 1.82) is 0 Å². The fourth-order valence-electron chi connectivity index (χ4n) is 4.36. The van der Waals surface area contributed by atoms with Gasteiger partial charge in [0, 0.05) is 26.0 Å². The predicted octanol–water partition coefficient (Wildman–Crippen LogP) is 8.41. The molecule has 4 aromatic rings. The average molecular weight is 482 g/mol. The summed E-state index contributed by atoms with van der Waals surface area (Å²) in [6.45, 7) is 4.61. The van der Waals surface area contributed by atoms with Crippen molar-refractivity contribution in [1.82, 2.24) is 0 Å². The van der Waals surface area contributed by atoms with Gasteiger partial charge in [-0.1, -0.05) is 70.0 Å². The molecule has 1 nitrogen and oxygen atoms in total. The maximum absolute atomic E-state index is 6.41. The molecule has 0 N–H and O–H groups in total. The van der Waals surface area contributed by atoms with Crippen molar-refractivity contribution >= 4 is 53.4 Å². The number of rotatable bonds is 1. The molecule has 0 amide bonds. The van der Waals surface area contributed by atoms with Gasteiger partial charge in [0.25, 0.3) is 0 Å². The summed E-state index contributed by atoms with van der Waals surface area (Å²) in [5.74, 6) is 2.70. The third-order valence-electron chi connectivity index (χ3n) is 5.48. The van der Waals surface area contributed by atoms with Crippen LogP contribution in [0.25, 0.3) is 21.5 Å². The van der Waals surface area contributed by atoms with Gasteiger partial charge in [-0.25, -0.2) is 0 Å². The lowest BCUT2D eigenvalue weighted by Crippen LogP contribution is -2.16. The third kappa shape index (κ3) is 2.71. The largest absolute Gasteiger partial charge is 0.457 e. The highest BCUT2D eigenvalue weighted by Gasteiger charge is 2.32. The lowest BCUT2D eigenvalue weighted by Gasteiger charge is -2.33. The molecule has 0 aliphatic carbocycles. The van der Waals surface area contributed by atoms with Gasteiger partial charge < -0.3 is 4.74 Å². The zero-order valence-electron chi connectivity index (χ0n) is 15.1. The summed E-state index contributed by atoms with van der Waals surface area (Å²) in [5, 5.41) is 5.02. The summed E-state index contributed by atoms with van der Waals surface area (Å²) in [6.07, 6.45) is 0. The van der Waals surface area contributed by atoms with Crippen molar-refractivity contribution in [2.24, 2.45) is 5.92 Å². The van der Waals surface area contributed by atoms with E-state index in [1.165, 1.54) is 32.7 Å². The zero-order valence-corrected chi connectivity index (χ0v) is 18.3. The molecule has 0 unspecified atom stereocenters. The summed E-state index contributed by atoms with van der Waals surface area (Å²) < 4.78 is 8.61. The molecule has 0 aromatic heterocycles. The molecule has 0 atom stereocenters. The van der Waals surface area contributed by atoms with Crippen molar-refractivity contribution in [2.45, 2.75) is 19.8 Å². The SMILES string of the molecule is CC(C)C1c2c(ccc3cc(Br)ccc23)Oc2ccc3cc(Br)ccc3c21. The number of fused-ring (bicyclic) bond motifs is 6. The highest BCUT2D eigenvalue weighted by molar-refractivity contribution is 9.10. The Kier molecular flexibility index (Phi) is 4.06. The van der Waals surface area contributed by atoms with Gasteiger partial charge in [-0.05, 0) is 63.9 Å². The Labute approximate surface area is 175 Å². The molecule has 1 heterocycles. The molecule has 1 aliphatic rings. The van der Waals surface area contributed by atoms with Crippen LogP contribution in [0.15, 0.2) is 69.6 Å². The van der Waals surface area contributed by atoms with Gasteiger partial charge in [0.15, 0.2) is 0 Å². The van der Waals surface area contributed by atoms with Crippen LogP contribution < -0.4 is 4.74 Å². The van der Waals surface area contributed by atoms with Crippen molar-refractivity contribution < 1.29 is 4.74 Å². The number of ether oxygens (including phenoxy) is 1. The quantitative estimate of drug-likeness (QED) is 0.265. The summed E-state index contributed by atoms with van der Waals surface area (Å²) in [7, 11) is 0. The van der Waals surface area contributed by atoms with E-state index in [1.54, 1.807) is 0 Å². The Morgan fingerprint density at radius 3 is 1.63 bits per heavy atom. The minimum Gasteiger partial charge on any atom is -0.457 e. The smallest absolute Gasteiger partial charge is 0.131 e. The van der Waals surface area contributed by atoms with Gasteiger partial charge in [-0.2, -0.15) is 0 Å². The molecule has 0 bridgehead atoms. The van der Waals surface area contributed by atoms with Gasteiger partial charge >= 0.3 is 0 Å². The monoisotopic (exact) mass is 480 g/mol. The molecule has 0 radical (unpaired) electrons. The minimum absolute atomic E-state index is 0.290. The van der Waals surface area contributed by atoms with E-state index in [9.17, 15) is 0 Å². The first-order chi connectivity index (χ1) is 13.0. The van der Waals surface area contributed by atoms with Crippen LogP contribution in [0.3, 0.4) is 0 Å². The number of hydrogen-bond acceptors (Lipinski definition) is 1. The van der Waals surface area contributed by atoms with E-state index in [4.69, 9.17) is 4.74 Å². The van der Waals surface area contributed by atoms with Crippen LogP contribution in [-0.2, 0) is 0 Å². The van der Waals surface area contributed by atoms with Crippen LogP contribution in [0, 0.1) is 5.92 Å². The molecule has 134 valence electrons. The van der Waals surface area contributed by atoms with E-state index in [1.807, 2.05) is 0 Å². The second kappa shape index (κ2) is 6.35. The van der Waals surface area contributed by atoms with Crippen LogP contribution >= 0.6 is 31.9 Å². The Balaban J connectivity index is 1.87. The van der Waals surface area contributed by atoms with Gasteiger partial charge in [0.2, 0.25) is 0 Å². The Bertz CT molecular complexity index is 1120. The summed E-state index contributed by atoms with van der Waals surface area (Å²) >= 11 is 7.20. The molecule has 5 rings (SSSR count). The molecule has 0 saturated heterocycles. The van der Waals surface area contributed by atoms with Crippen LogP contribution in [0.1, 0.15) is 30.9 Å². The van der Waals surface area contributed by atoms with Crippen LogP contribution in [0.2, 0.25) is 0 Å². The van der Waals surface area contributed by atoms with Crippen molar-refractivity contribution in [3.8, 4) is 11.5 Å². The minimum atomic E-state index is 0.290. The maximum Gasteiger partial charge on any atom is 0.131 e. The van der Waals surface area contributed by atoms with Crippen molar-refractivity contribution in [2.75, 3.05) is 0 Å². The summed E-state index contributed by atoms with van der Waals surface area (Å²) in [4.78, 5) is 0. The number of halogens is 2. The summed E-state index contributed by atoms with van der Waals surface area (Å²) in [6, 6.07) is 21.6. The number of benzene rings is 4. The third-order valence-corrected chi connectivity index (χ3v) is 6.46. The van der Waals surface area contributed by atoms with E-state index in [0.29, 0.717) is 11.8 Å². The molecule has 0 fully saturated rings. The first kappa shape index (κ1) is 17.3. The average Bonchev–Trinajstić information content (AvgIpc) is 2.65. The first-order valence-corrected chi connectivity index (χ1v) is 10.7. The number of hydrogen-bond donors (Lipinski definition) is 0. The Hall–Kier alpha value is -1.84. The van der Waals surface area contributed by atoms with Crippen LogP contribution in [0.4, 0.5) is 0 Å². The van der Waals surface area contributed by atoms with E-state index in [-0.39, 0.29) is 0 Å². The topological polar surface area (TPSA) is 9.23 Å². The Morgan fingerprint density at radius 2 is 1.19 bits per heavy atom. The van der Waals surface area contributed by atoms with Crippen molar-refractivity contribution in [3.63, 3.8) is 0 Å². The molecular formula is C24H18Br2O. The van der Waals surface area contributed by atoms with Crippen molar-refractivity contribution in [3.05, 3.63) is 80.7 Å². The Morgan fingerprint density at radius 1 is 0.704 bits per heavy atom. The molecule has 0 saturated carbocycles. The predicted molar refractivity (Wildman–Crippen MR) is 120 cm³/mol. The fourth-order valence-corrected chi connectivity index (χ4v) is 5.12. The summed E-state index contributed by atoms with van der Waals surface area (Å²) in [5.41, 5.74) is 2.61. The van der Waals surface area contributed by atoms with E-state index in [0.717, 1.165) is 20.4 Å². The lowest BCUT2D eigenvalue weighted by atomic mass is 9.76. The van der Waals surface area contributed by atoms with E-state index >= 15 is 0 Å². The molecule has 1 aliphatic heterocycles. The molecule has 0 spiro atoms. The van der Waals surface area contributed by atoms with Gasteiger partial charge in [0.1, 0.15) is 11.5 Å². The highest BCUT2D eigenvalue weighted by atomic mass is 79.9. The van der Waals surface area contributed by atoms with Crippen LogP contribution in [-0.4, -0.2) is 0 Å². The highest BCUT2D eigenvalue weighted by Crippen LogP contribution is 2.52. The van der Waals surface area contributed by atoms with E-state index < -0.39 is 0 Å². The normalized spacial score (nSPS) is 13.7.